The Morgan fingerprint density at radius 1 is 1.29 bits per heavy atom. The van der Waals surface area contributed by atoms with E-state index in [1.165, 1.54) is 6.07 Å². The maximum atomic E-state index is 12.0. The molecule has 108 valence electrons. The van der Waals surface area contributed by atoms with Gasteiger partial charge in [-0.1, -0.05) is 46.3 Å². The number of halogens is 1. The zero-order valence-corrected chi connectivity index (χ0v) is 13.4. The number of hydrogen-bond donors (Lipinski definition) is 3. The van der Waals surface area contributed by atoms with E-state index in [4.69, 9.17) is 18.0 Å². The molecule has 0 saturated heterocycles. The highest BCUT2D eigenvalue weighted by molar-refractivity contribution is 9.10. The smallest absolute Gasteiger partial charge is 0.255 e. The summed E-state index contributed by atoms with van der Waals surface area (Å²) in [5.41, 5.74) is 7.43. The lowest BCUT2D eigenvalue weighted by Crippen LogP contribution is -2.23. The Bertz CT molecular complexity index is 704. The maximum absolute atomic E-state index is 12.0. The van der Waals surface area contributed by atoms with Crippen molar-refractivity contribution in [2.75, 3.05) is 0 Å². The summed E-state index contributed by atoms with van der Waals surface area (Å²) in [7, 11) is 0. The van der Waals surface area contributed by atoms with Crippen LogP contribution < -0.4 is 11.1 Å². The van der Waals surface area contributed by atoms with Crippen molar-refractivity contribution in [2.45, 2.75) is 6.54 Å². The van der Waals surface area contributed by atoms with Crippen molar-refractivity contribution in [1.29, 1.82) is 0 Å². The van der Waals surface area contributed by atoms with Crippen LogP contribution >= 0.6 is 28.1 Å². The van der Waals surface area contributed by atoms with Gasteiger partial charge in [-0.15, -0.1) is 0 Å². The van der Waals surface area contributed by atoms with E-state index >= 15 is 0 Å². The quantitative estimate of drug-likeness (QED) is 0.729. The second-order valence-electron chi connectivity index (χ2n) is 4.41. The molecule has 21 heavy (non-hydrogen) atoms. The van der Waals surface area contributed by atoms with Gasteiger partial charge in [-0.05, 0) is 29.8 Å². The van der Waals surface area contributed by atoms with Crippen molar-refractivity contribution in [1.82, 2.24) is 5.32 Å². The third-order valence-electron chi connectivity index (χ3n) is 2.87. The third kappa shape index (κ3) is 4.03. The summed E-state index contributed by atoms with van der Waals surface area (Å²) in [4.78, 5) is 12.3. The lowest BCUT2D eigenvalue weighted by molar-refractivity contribution is 0.0948. The number of hydrogen-bond acceptors (Lipinski definition) is 3. The molecular formula is C15H13BrN2O2S. The molecule has 0 spiro atoms. The Labute approximate surface area is 136 Å². The molecule has 0 radical (unpaired) electrons. The first-order valence-electron chi connectivity index (χ1n) is 6.13. The van der Waals surface area contributed by atoms with Crippen molar-refractivity contribution in [3.05, 3.63) is 63.6 Å². The van der Waals surface area contributed by atoms with Gasteiger partial charge >= 0.3 is 0 Å². The highest BCUT2D eigenvalue weighted by atomic mass is 79.9. The number of aromatic hydroxyl groups is 1. The SMILES string of the molecule is NC(=S)c1cccc(CNC(=O)c2ccc(Br)cc2O)c1. The molecule has 2 rings (SSSR count). The number of nitrogens with two attached hydrogens (primary N) is 1. The van der Waals surface area contributed by atoms with E-state index in [0.717, 1.165) is 11.1 Å². The van der Waals surface area contributed by atoms with E-state index in [0.29, 0.717) is 16.0 Å². The Morgan fingerprint density at radius 3 is 2.71 bits per heavy atom. The number of benzene rings is 2. The van der Waals surface area contributed by atoms with Crippen molar-refractivity contribution in [2.24, 2.45) is 5.73 Å². The normalized spacial score (nSPS) is 10.1. The fraction of sp³-hybridized carbons (Fsp3) is 0.0667. The summed E-state index contributed by atoms with van der Waals surface area (Å²) in [6.45, 7) is 0.324. The number of carbonyl (C=O) groups excluding carboxylic acids is 1. The average Bonchev–Trinajstić information content (AvgIpc) is 2.45. The monoisotopic (exact) mass is 364 g/mol. The highest BCUT2D eigenvalue weighted by Gasteiger charge is 2.11. The van der Waals surface area contributed by atoms with Crippen molar-refractivity contribution >= 4 is 39.0 Å². The van der Waals surface area contributed by atoms with E-state index in [9.17, 15) is 9.90 Å². The topological polar surface area (TPSA) is 75.3 Å². The number of carbonyl (C=O) groups is 1. The second-order valence-corrected chi connectivity index (χ2v) is 5.76. The van der Waals surface area contributed by atoms with E-state index in [-0.39, 0.29) is 17.2 Å². The van der Waals surface area contributed by atoms with Gasteiger partial charge in [-0.25, -0.2) is 0 Å². The van der Waals surface area contributed by atoms with Gasteiger partial charge in [0.05, 0.1) is 5.56 Å². The molecule has 0 aliphatic heterocycles. The number of rotatable bonds is 4. The van der Waals surface area contributed by atoms with E-state index < -0.39 is 0 Å². The molecular weight excluding hydrogens is 352 g/mol. The van der Waals surface area contributed by atoms with Crippen LogP contribution in [0.2, 0.25) is 0 Å². The van der Waals surface area contributed by atoms with E-state index in [1.54, 1.807) is 12.1 Å². The standard InChI is InChI=1S/C15H13BrN2O2S/c16-11-4-5-12(13(19)7-11)15(20)18-8-9-2-1-3-10(6-9)14(17)21/h1-7,19H,8H2,(H2,17,21)(H,18,20). The minimum atomic E-state index is -0.347. The third-order valence-corrected chi connectivity index (χ3v) is 3.60. The average molecular weight is 365 g/mol. The van der Waals surface area contributed by atoms with E-state index in [1.807, 2.05) is 24.3 Å². The number of phenolic OH excluding ortho intramolecular Hbond substituents is 1. The van der Waals surface area contributed by atoms with Crippen LogP contribution in [0.5, 0.6) is 5.75 Å². The maximum Gasteiger partial charge on any atom is 0.255 e. The van der Waals surface area contributed by atoms with E-state index in [2.05, 4.69) is 21.2 Å². The molecule has 0 aromatic heterocycles. The second kappa shape index (κ2) is 6.69. The number of thiocarbonyl (C=S) groups is 1. The number of nitrogens with one attached hydrogen (secondary N) is 1. The molecule has 0 heterocycles. The fourth-order valence-electron chi connectivity index (χ4n) is 1.81. The first-order valence-corrected chi connectivity index (χ1v) is 7.33. The molecule has 0 aliphatic carbocycles. The largest absolute Gasteiger partial charge is 0.507 e. The van der Waals surface area contributed by atoms with Crippen LogP contribution in [0.1, 0.15) is 21.5 Å². The molecule has 6 heteroatoms. The van der Waals surface area contributed by atoms with Crippen molar-refractivity contribution in [3.63, 3.8) is 0 Å². The molecule has 2 aromatic carbocycles. The van der Waals surface area contributed by atoms with Crippen LogP contribution in [0.3, 0.4) is 0 Å². The first-order chi connectivity index (χ1) is 9.97. The number of phenols is 1. The summed E-state index contributed by atoms with van der Waals surface area (Å²) >= 11 is 8.14. The summed E-state index contributed by atoms with van der Waals surface area (Å²) < 4.78 is 0.709. The lowest BCUT2D eigenvalue weighted by Gasteiger charge is -2.08. The Kier molecular flexibility index (Phi) is 4.93. The molecule has 1 amide bonds. The molecule has 4 nitrogen and oxygen atoms in total. The Balaban J connectivity index is 2.07. The molecule has 0 bridgehead atoms. The molecule has 0 fully saturated rings. The van der Waals surface area contributed by atoms with Crippen LogP contribution in [0.25, 0.3) is 0 Å². The molecule has 4 N–H and O–H groups in total. The van der Waals surface area contributed by atoms with Gasteiger partial charge in [-0.3, -0.25) is 4.79 Å². The van der Waals surface area contributed by atoms with Crippen LogP contribution in [-0.4, -0.2) is 16.0 Å². The van der Waals surface area contributed by atoms with Crippen LogP contribution in [-0.2, 0) is 6.54 Å². The first kappa shape index (κ1) is 15.5. The summed E-state index contributed by atoms with van der Waals surface area (Å²) in [5, 5.41) is 12.5. The van der Waals surface area contributed by atoms with Crippen LogP contribution in [0, 0.1) is 0 Å². The minimum Gasteiger partial charge on any atom is -0.507 e. The summed E-state index contributed by atoms with van der Waals surface area (Å²) in [5.74, 6) is -0.417. The molecule has 0 saturated carbocycles. The molecule has 0 aliphatic rings. The van der Waals surface area contributed by atoms with Crippen molar-refractivity contribution < 1.29 is 9.90 Å². The van der Waals surface area contributed by atoms with Gasteiger partial charge in [0, 0.05) is 16.6 Å². The van der Waals surface area contributed by atoms with Gasteiger partial charge < -0.3 is 16.2 Å². The lowest BCUT2D eigenvalue weighted by atomic mass is 10.1. The zero-order chi connectivity index (χ0) is 15.4. The van der Waals surface area contributed by atoms with Gasteiger partial charge in [-0.2, -0.15) is 0 Å². The summed E-state index contributed by atoms with van der Waals surface area (Å²) in [6, 6.07) is 12.1. The Morgan fingerprint density at radius 2 is 2.05 bits per heavy atom. The van der Waals surface area contributed by atoms with Gasteiger partial charge in [0.25, 0.3) is 5.91 Å². The molecule has 2 aromatic rings. The van der Waals surface area contributed by atoms with Crippen LogP contribution in [0.15, 0.2) is 46.9 Å². The fourth-order valence-corrected chi connectivity index (χ4v) is 2.28. The van der Waals surface area contributed by atoms with Crippen molar-refractivity contribution in [3.8, 4) is 5.75 Å². The number of amides is 1. The Hall–Kier alpha value is -1.92. The highest BCUT2D eigenvalue weighted by Crippen LogP contribution is 2.22. The molecule has 0 atom stereocenters. The summed E-state index contributed by atoms with van der Waals surface area (Å²) in [6.07, 6.45) is 0. The van der Waals surface area contributed by atoms with Crippen LogP contribution in [0.4, 0.5) is 0 Å². The van der Waals surface area contributed by atoms with Gasteiger partial charge in [0.15, 0.2) is 0 Å². The predicted octanol–water partition coefficient (Wildman–Crippen LogP) is 2.72. The minimum absolute atomic E-state index is 0.0706. The van der Waals surface area contributed by atoms with Gasteiger partial charge in [0.2, 0.25) is 0 Å². The predicted molar refractivity (Wildman–Crippen MR) is 89.3 cm³/mol. The zero-order valence-electron chi connectivity index (χ0n) is 11.0. The van der Waals surface area contributed by atoms with Gasteiger partial charge in [0.1, 0.15) is 10.7 Å². The molecule has 0 unspecified atom stereocenters.